The van der Waals surface area contributed by atoms with Gasteiger partial charge < -0.3 is 5.73 Å². The summed E-state index contributed by atoms with van der Waals surface area (Å²) in [5, 5.41) is 0. The van der Waals surface area contributed by atoms with E-state index in [2.05, 4.69) is 45.9 Å². The Morgan fingerprint density at radius 1 is 1.00 bits per heavy atom. The summed E-state index contributed by atoms with van der Waals surface area (Å²) in [7, 11) is 0. The summed E-state index contributed by atoms with van der Waals surface area (Å²) in [4.78, 5) is 0. The first-order valence-corrected chi connectivity index (χ1v) is 8.22. The molecular weight excluding hydrogens is 242 g/mol. The molecule has 3 rings (SSSR count). The Hall–Kier alpha value is -0.820. The van der Waals surface area contributed by atoms with Gasteiger partial charge in [-0.25, -0.2) is 0 Å². The van der Waals surface area contributed by atoms with Crippen molar-refractivity contribution in [3.05, 3.63) is 34.9 Å². The average molecular weight is 271 g/mol. The zero-order valence-electron chi connectivity index (χ0n) is 13.5. The Balaban J connectivity index is 2.01. The molecule has 0 bridgehead atoms. The monoisotopic (exact) mass is 271 g/mol. The van der Waals surface area contributed by atoms with Crippen molar-refractivity contribution in [3.8, 4) is 0 Å². The summed E-state index contributed by atoms with van der Waals surface area (Å²) >= 11 is 0. The highest BCUT2D eigenvalue weighted by Gasteiger charge is 2.37. The molecule has 2 N–H and O–H groups in total. The fourth-order valence-electron chi connectivity index (χ4n) is 3.88. The molecule has 1 aromatic carbocycles. The summed E-state index contributed by atoms with van der Waals surface area (Å²) in [5.41, 5.74) is 11.5. The molecule has 1 heteroatoms. The Labute approximate surface area is 124 Å². The van der Waals surface area contributed by atoms with E-state index in [9.17, 15) is 0 Å². The minimum absolute atomic E-state index is 0.245. The van der Waals surface area contributed by atoms with Crippen LogP contribution in [0.4, 0.5) is 0 Å². The van der Waals surface area contributed by atoms with E-state index in [1.165, 1.54) is 37.7 Å². The Bertz CT molecular complexity index is 508. The maximum atomic E-state index is 6.49. The van der Waals surface area contributed by atoms with Gasteiger partial charge in [0.25, 0.3) is 0 Å². The van der Waals surface area contributed by atoms with Gasteiger partial charge in [0.1, 0.15) is 0 Å². The van der Waals surface area contributed by atoms with E-state index in [1.54, 1.807) is 11.1 Å². The SMILES string of the molecule is CC1(C)CCC(C)(C)c2cc(C(N)C3CCC3)ccc21. The van der Waals surface area contributed by atoms with Gasteiger partial charge in [-0.1, -0.05) is 52.3 Å². The molecule has 110 valence electrons. The van der Waals surface area contributed by atoms with Crippen LogP contribution in [0, 0.1) is 5.92 Å². The second kappa shape index (κ2) is 4.59. The Kier molecular flexibility index (Phi) is 3.25. The highest BCUT2D eigenvalue weighted by Crippen LogP contribution is 2.47. The zero-order chi connectivity index (χ0) is 14.5. The predicted octanol–water partition coefficient (Wildman–Crippen LogP) is 4.84. The molecule has 1 fully saturated rings. The summed E-state index contributed by atoms with van der Waals surface area (Å²) in [6.07, 6.45) is 6.54. The molecular formula is C19H29N. The van der Waals surface area contributed by atoms with Gasteiger partial charge in [-0.3, -0.25) is 0 Å². The lowest BCUT2D eigenvalue weighted by molar-refractivity contribution is 0.263. The molecule has 0 saturated heterocycles. The topological polar surface area (TPSA) is 26.0 Å². The first-order chi connectivity index (χ1) is 9.31. The summed E-state index contributed by atoms with van der Waals surface area (Å²) in [6.45, 7) is 9.54. The minimum Gasteiger partial charge on any atom is -0.324 e. The van der Waals surface area contributed by atoms with Crippen LogP contribution < -0.4 is 5.73 Å². The second-order valence-electron chi connectivity index (χ2n) is 8.29. The van der Waals surface area contributed by atoms with Gasteiger partial charge in [0.05, 0.1) is 0 Å². The van der Waals surface area contributed by atoms with Crippen LogP contribution in [0.2, 0.25) is 0 Å². The molecule has 0 spiro atoms. The number of rotatable bonds is 2. The first-order valence-electron chi connectivity index (χ1n) is 8.22. The molecule has 0 amide bonds. The number of nitrogens with two attached hydrogens (primary N) is 1. The Morgan fingerprint density at radius 2 is 1.60 bits per heavy atom. The van der Waals surface area contributed by atoms with Crippen LogP contribution in [-0.2, 0) is 10.8 Å². The highest BCUT2D eigenvalue weighted by atomic mass is 14.7. The van der Waals surface area contributed by atoms with Crippen molar-refractivity contribution in [2.75, 3.05) is 0 Å². The lowest BCUT2D eigenvalue weighted by Crippen LogP contribution is -2.34. The molecule has 0 aliphatic heterocycles. The maximum absolute atomic E-state index is 6.49. The first kappa shape index (κ1) is 14.1. The molecule has 1 nitrogen and oxygen atoms in total. The average Bonchev–Trinajstić information content (AvgIpc) is 2.32. The Morgan fingerprint density at radius 3 is 2.15 bits per heavy atom. The predicted molar refractivity (Wildman–Crippen MR) is 86.0 cm³/mol. The third kappa shape index (κ3) is 2.20. The molecule has 2 aliphatic rings. The molecule has 1 aromatic rings. The van der Waals surface area contributed by atoms with Crippen LogP contribution in [0.25, 0.3) is 0 Å². The minimum atomic E-state index is 0.245. The molecule has 0 heterocycles. The van der Waals surface area contributed by atoms with Gasteiger partial charge in [-0.05, 0) is 59.1 Å². The molecule has 0 radical (unpaired) electrons. The third-order valence-corrected chi connectivity index (χ3v) is 5.92. The van der Waals surface area contributed by atoms with E-state index in [0.717, 1.165) is 0 Å². The van der Waals surface area contributed by atoms with Crippen LogP contribution in [0.15, 0.2) is 18.2 Å². The van der Waals surface area contributed by atoms with E-state index in [1.807, 2.05) is 0 Å². The van der Waals surface area contributed by atoms with Crippen LogP contribution in [0.5, 0.6) is 0 Å². The third-order valence-electron chi connectivity index (χ3n) is 5.92. The lowest BCUT2D eigenvalue weighted by atomic mass is 9.62. The van der Waals surface area contributed by atoms with Crippen molar-refractivity contribution < 1.29 is 0 Å². The number of benzene rings is 1. The van der Waals surface area contributed by atoms with Crippen LogP contribution in [0.3, 0.4) is 0 Å². The lowest BCUT2D eigenvalue weighted by Gasteiger charge is -2.42. The summed E-state index contributed by atoms with van der Waals surface area (Å²) < 4.78 is 0. The van der Waals surface area contributed by atoms with Crippen molar-refractivity contribution in [3.63, 3.8) is 0 Å². The molecule has 1 unspecified atom stereocenters. The number of hydrogen-bond acceptors (Lipinski definition) is 1. The quantitative estimate of drug-likeness (QED) is 0.818. The molecule has 0 aromatic heterocycles. The van der Waals surface area contributed by atoms with E-state index in [-0.39, 0.29) is 6.04 Å². The van der Waals surface area contributed by atoms with Crippen molar-refractivity contribution in [2.24, 2.45) is 11.7 Å². The van der Waals surface area contributed by atoms with E-state index in [4.69, 9.17) is 5.73 Å². The van der Waals surface area contributed by atoms with Crippen LogP contribution in [-0.4, -0.2) is 0 Å². The van der Waals surface area contributed by atoms with Crippen LogP contribution >= 0.6 is 0 Å². The molecule has 1 saturated carbocycles. The fraction of sp³-hybridized carbons (Fsp3) is 0.684. The van der Waals surface area contributed by atoms with Gasteiger partial charge in [-0.15, -0.1) is 0 Å². The van der Waals surface area contributed by atoms with Gasteiger partial charge >= 0.3 is 0 Å². The van der Waals surface area contributed by atoms with Crippen molar-refractivity contribution >= 4 is 0 Å². The van der Waals surface area contributed by atoms with Gasteiger partial charge in [0, 0.05) is 6.04 Å². The molecule has 20 heavy (non-hydrogen) atoms. The molecule has 2 aliphatic carbocycles. The highest BCUT2D eigenvalue weighted by molar-refractivity contribution is 5.44. The number of fused-ring (bicyclic) bond motifs is 1. The van der Waals surface area contributed by atoms with Gasteiger partial charge in [-0.2, -0.15) is 0 Å². The maximum Gasteiger partial charge on any atom is 0.0323 e. The van der Waals surface area contributed by atoms with Crippen molar-refractivity contribution in [2.45, 2.75) is 76.7 Å². The summed E-state index contributed by atoms with van der Waals surface area (Å²) in [5.74, 6) is 0.716. The van der Waals surface area contributed by atoms with Crippen molar-refractivity contribution in [1.82, 2.24) is 0 Å². The smallest absolute Gasteiger partial charge is 0.0323 e. The van der Waals surface area contributed by atoms with Gasteiger partial charge in [0.2, 0.25) is 0 Å². The van der Waals surface area contributed by atoms with Crippen LogP contribution in [0.1, 0.15) is 82.5 Å². The van der Waals surface area contributed by atoms with E-state index >= 15 is 0 Å². The fourth-order valence-corrected chi connectivity index (χ4v) is 3.88. The normalized spacial score (nSPS) is 25.6. The molecule has 1 atom stereocenters. The van der Waals surface area contributed by atoms with E-state index in [0.29, 0.717) is 16.7 Å². The largest absolute Gasteiger partial charge is 0.324 e. The zero-order valence-corrected chi connectivity index (χ0v) is 13.5. The summed E-state index contributed by atoms with van der Waals surface area (Å²) in [6, 6.07) is 7.34. The number of hydrogen-bond donors (Lipinski definition) is 1. The van der Waals surface area contributed by atoms with Crippen molar-refractivity contribution in [1.29, 1.82) is 0 Å². The second-order valence-corrected chi connectivity index (χ2v) is 8.29. The van der Waals surface area contributed by atoms with E-state index < -0.39 is 0 Å². The standard InChI is InChI=1S/C19H29N/c1-18(2)10-11-19(3,4)16-12-14(8-9-15(16)18)17(20)13-6-5-7-13/h8-9,12-13,17H,5-7,10-11,20H2,1-4H3. The van der Waals surface area contributed by atoms with Gasteiger partial charge in [0.15, 0.2) is 0 Å².